The number of fused-ring (bicyclic) bond motifs is 3. The molecule has 0 amide bonds. The van der Waals surface area contributed by atoms with Gasteiger partial charge in [-0.25, -0.2) is 4.98 Å². The largest absolute Gasteiger partial charge is 0.255 e. The van der Waals surface area contributed by atoms with Crippen LogP contribution in [-0.4, -0.2) is 15.0 Å². The molecule has 0 saturated heterocycles. The molecule has 5 aromatic carbocycles. The molecule has 0 atom stereocenters. The zero-order chi connectivity index (χ0) is 30.5. The summed E-state index contributed by atoms with van der Waals surface area (Å²) in [4.78, 5) is 14.0. The predicted molar refractivity (Wildman–Crippen MR) is 189 cm³/mol. The van der Waals surface area contributed by atoms with Crippen LogP contribution < -0.4 is 0 Å². The predicted octanol–water partition coefficient (Wildman–Crippen LogP) is 11.0. The van der Waals surface area contributed by atoms with Crippen LogP contribution in [0.15, 0.2) is 164 Å². The van der Waals surface area contributed by atoms with E-state index in [0.717, 1.165) is 33.9 Å². The minimum absolute atomic E-state index is 0.824. The van der Waals surface area contributed by atoms with Crippen LogP contribution in [0, 0.1) is 0 Å². The van der Waals surface area contributed by atoms with Gasteiger partial charge in [0.25, 0.3) is 0 Å². The molecule has 46 heavy (non-hydrogen) atoms. The fourth-order valence-electron chi connectivity index (χ4n) is 6.75. The first-order valence-corrected chi connectivity index (χ1v) is 15.5. The number of aromatic nitrogens is 3. The van der Waals surface area contributed by atoms with Crippen LogP contribution >= 0.6 is 0 Å². The van der Waals surface area contributed by atoms with Crippen LogP contribution in [0.3, 0.4) is 0 Å². The molecule has 0 bridgehead atoms. The Morgan fingerprint density at radius 2 is 0.783 bits per heavy atom. The van der Waals surface area contributed by atoms with Gasteiger partial charge in [0.2, 0.25) is 0 Å². The zero-order valence-corrected chi connectivity index (χ0v) is 24.9. The highest BCUT2D eigenvalue weighted by atomic mass is 14.8. The summed E-state index contributed by atoms with van der Waals surface area (Å²) in [5.41, 5.74) is 15.7. The second kappa shape index (κ2) is 10.8. The van der Waals surface area contributed by atoms with Crippen LogP contribution in [0.5, 0.6) is 0 Å². The summed E-state index contributed by atoms with van der Waals surface area (Å²) in [5.74, 6) is 0. The summed E-state index contributed by atoms with van der Waals surface area (Å²) in [5, 5.41) is 2.66. The maximum Gasteiger partial charge on any atom is 0.0900 e. The van der Waals surface area contributed by atoms with Crippen LogP contribution in [0.25, 0.3) is 89.2 Å². The average Bonchev–Trinajstić information content (AvgIpc) is 3.47. The summed E-state index contributed by atoms with van der Waals surface area (Å²) in [7, 11) is 0. The van der Waals surface area contributed by atoms with Crippen molar-refractivity contribution in [3.05, 3.63) is 164 Å². The zero-order valence-electron chi connectivity index (χ0n) is 24.9. The number of hydrogen-bond donors (Lipinski definition) is 0. The van der Waals surface area contributed by atoms with Crippen LogP contribution in [0.4, 0.5) is 0 Å². The van der Waals surface area contributed by atoms with E-state index in [2.05, 4.69) is 125 Å². The second-order valence-corrected chi connectivity index (χ2v) is 11.6. The molecule has 0 N–H and O–H groups in total. The van der Waals surface area contributed by atoms with Crippen molar-refractivity contribution >= 4 is 10.8 Å². The normalized spacial score (nSPS) is 11.5. The first-order chi connectivity index (χ1) is 22.8. The standard InChI is InChI=1S/C43H27N3/c1-2-9-35-34(8-1)37-11-7-10-36-33(22-23-38(35)43(36)37)31-20-18-29(19-21-31)28-14-16-30(17-15-28)32-26-41(39-12-3-5-24-44-39)46-42(27-32)40-13-4-6-25-45-40/h1-27H. The second-order valence-electron chi connectivity index (χ2n) is 11.6. The number of benzene rings is 5. The highest BCUT2D eigenvalue weighted by Crippen LogP contribution is 2.49. The van der Waals surface area contributed by atoms with Gasteiger partial charge in [0.15, 0.2) is 0 Å². The molecule has 3 nitrogen and oxygen atoms in total. The topological polar surface area (TPSA) is 38.7 Å². The van der Waals surface area contributed by atoms with Gasteiger partial charge in [-0.05, 0) is 103 Å². The van der Waals surface area contributed by atoms with Crippen molar-refractivity contribution < 1.29 is 0 Å². The Hall–Kier alpha value is -6.19. The van der Waals surface area contributed by atoms with Crippen molar-refractivity contribution in [2.75, 3.05) is 0 Å². The van der Waals surface area contributed by atoms with Gasteiger partial charge in [-0.3, -0.25) is 9.97 Å². The SMILES string of the molecule is c1ccc(-c2cc(-c3ccc(-c4ccc(-c5ccc6c7c(cccc57)-c5ccccc5-6)cc4)cc3)cc(-c3ccccn3)n2)nc1. The van der Waals surface area contributed by atoms with E-state index < -0.39 is 0 Å². The Balaban J connectivity index is 1.05. The number of hydrogen-bond acceptors (Lipinski definition) is 3. The third-order valence-corrected chi connectivity index (χ3v) is 8.98. The minimum atomic E-state index is 0.824. The lowest BCUT2D eigenvalue weighted by Crippen LogP contribution is -1.93. The molecule has 0 spiro atoms. The van der Waals surface area contributed by atoms with E-state index in [9.17, 15) is 0 Å². The molecule has 0 fully saturated rings. The highest BCUT2D eigenvalue weighted by molar-refractivity contribution is 6.18. The minimum Gasteiger partial charge on any atom is -0.255 e. The van der Waals surface area contributed by atoms with Gasteiger partial charge in [0.05, 0.1) is 22.8 Å². The third-order valence-electron chi connectivity index (χ3n) is 8.98. The molecule has 0 radical (unpaired) electrons. The van der Waals surface area contributed by atoms with Gasteiger partial charge in [-0.1, -0.05) is 115 Å². The number of pyridine rings is 3. The summed E-state index contributed by atoms with van der Waals surface area (Å²) < 4.78 is 0. The van der Waals surface area contributed by atoms with E-state index in [1.807, 2.05) is 36.4 Å². The maximum absolute atomic E-state index is 4.92. The quantitative estimate of drug-likeness (QED) is 0.202. The fourth-order valence-corrected chi connectivity index (χ4v) is 6.75. The third kappa shape index (κ3) is 4.41. The van der Waals surface area contributed by atoms with Gasteiger partial charge in [0.1, 0.15) is 0 Å². The van der Waals surface area contributed by atoms with Gasteiger partial charge >= 0.3 is 0 Å². The molecule has 1 aliphatic carbocycles. The highest BCUT2D eigenvalue weighted by Gasteiger charge is 2.22. The Bertz CT molecular complexity index is 2290. The van der Waals surface area contributed by atoms with E-state index >= 15 is 0 Å². The van der Waals surface area contributed by atoms with Crippen molar-refractivity contribution in [1.82, 2.24) is 15.0 Å². The molecule has 3 heteroatoms. The van der Waals surface area contributed by atoms with E-state index in [4.69, 9.17) is 4.98 Å². The van der Waals surface area contributed by atoms with E-state index in [0.29, 0.717) is 0 Å². The Morgan fingerprint density at radius 1 is 0.304 bits per heavy atom. The average molecular weight is 586 g/mol. The summed E-state index contributed by atoms with van der Waals surface area (Å²) >= 11 is 0. The first-order valence-electron chi connectivity index (χ1n) is 15.5. The fraction of sp³-hybridized carbons (Fsp3) is 0. The summed E-state index contributed by atoms with van der Waals surface area (Å²) in [6.45, 7) is 0. The Kier molecular flexibility index (Phi) is 6.14. The molecule has 3 heterocycles. The smallest absolute Gasteiger partial charge is 0.0900 e. The van der Waals surface area contributed by atoms with Gasteiger partial charge in [-0.2, -0.15) is 0 Å². The molecule has 9 rings (SSSR count). The first kappa shape index (κ1) is 26.2. The lowest BCUT2D eigenvalue weighted by atomic mass is 9.93. The molecule has 0 unspecified atom stereocenters. The molecule has 214 valence electrons. The van der Waals surface area contributed by atoms with Crippen LogP contribution in [-0.2, 0) is 0 Å². The molecule has 0 saturated carbocycles. The molecule has 0 aliphatic heterocycles. The van der Waals surface area contributed by atoms with E-state index in [1.165, 1.54) is 55.3 Å². The number of rotatable bonds is 5. The van der Waals surface area contributed by atoms with Gasteiger partial charge < -0.3 is 0 Å². The van der Waals surface area contributed by atoms with Crippen LogP contribution in [0.1, 0.15) is 0 Å². The van der Waals surface area contributed by atoms with Crippen LogP contribution in [0.2, 0.25) is 0 Å². The van der Waals surface area contributed by atoms with Gasteiger partial charge in [-0.15, -0.1) is 0 Å². The summed E-state index contributed by atoms with van der Waals surface area (Å²) in [6.07, 6.45) is 3.60. The Labute approximate surface area is 267 Å². The van der Waals surface area contributed by atoms with Crippen molar-refractivity contribution in [3.8, 4) is 78.4 Å². The summed E-state index contributed by atoms with van der Waals surface area (Å²) in [6, 6.07) is 53.7. The molecular formula is C43H27N3. The van der Waals surface area contributed by atoms with Crippen molar-refractivity contribution in [2.45, 2.75) is 0 Å². The maximum atomic E-state index is 4.92. The van der Waals surface area contributed by atoms with Crippen molar-refractivity contribution in [1.29, 1.82) is 0 Å². The lowest BCUT2D eigenvalue weighted by molar-refractivity contribution is 1.22. The Morgan fingerprint density at radius 3 is 1.35 bits per heavy atom. The monoisotopic (exact) mass is 585 g/mol. The molecule has 3 aromatic heterocycles. The van der Waals surface area contributed by atoms with Gasteiger partial charge in [0, 0.05) is 12.4 Å². The van der Waals surface area contributed by atoms with Crippen molar-refractivity contribution in [3.63, 3.8) is 0 Å². The lowest BCUT2D eigenvalue weighted by Gasteiger charge is -2.11. The van der Waals surface area contributed by atoms with E-state index in [1.54, 1.807) is 12.4 Å². The molecule has 1 aliphatic rings. The molecule has 8 aromatic rings. The molecular weight excluding hydrogens is 558 g/mol. The van der Waals surface area contributed by atoms with E-state index in [-0.39, 0.29) is 0 Å². The number of nitrogens with zero attached hydrogens (tertiary/aromatic N) is 3. The van der Waals surface area contributed by atoms with Crippen molar-refractivity contribution in [2.24, 2.45) is 0 Å².